The zero-order valence-corrected chi connectivity index (χ0v) is 8.63. The van der Waals surface area contributed by atoms with Crippen molar-refractivity contribution in [2.45, 2.75) is 26.4 Å². The van der Waals surface area contributed by atoms with E-state index in [0.29, 0.717) is 0 Å². The fourth-order valence-corrected chi connectivity index (χ4v) is 1.69. The van der Waals surface area contributed by atoms with Crippen molar-refractivity contribution in [1.29, 1.82) is 0 Å². The number of rotatable bonds is 0. The fraction of sp³-hybridized carbons (Fsp3) is 0.333. The molecular weight excluding hydrogens is 174 g/mol. The van der Waals surface area contributed by atoms with Gasteiger partial charge in [-0.1, -0.05) is 12.6 Å². The molecule has 0 saturated carbocycles. The van der Waals surface area contributed by atoms with Gasteiger partial charge in [-0.2, -0.15) is 0 Å². The normalized spacial score (nSPS) is 20.4. The average Bonchev–Trinajstić information content (AvgIpc) is 2.21. The highest BCUT2D eigenvalue weighted by Crippen LogP contribution is 2.31. The average molecular weight is 189 g/mol. The molecule has 74 valence electrons. The van der Waals surface area contributed by atoms with E-state index in [1.54, 1.807) is 0 Å². The lowest BCUT2D eigenvalue weighted by molar-refractivity contribution is 0.227. The molecule has 0 amide bonds. The second-order valence-corrected chi connectivity index (χ2v) is 3.86. The summed E-state index contributed by atoms with van der Waals surface area (Å²) in [4.78, 5) is 0. The molecule has 1 aliphatic rings. The van der Waals surface area contributed by atoms with Crippen molar-refractivity contribution in [3.63, 3.8) is 0 Å². The maximum atomic E-state index is 5.76. The summed E-state index contributed by atoms with van der Waals surface area (Å²) in [6, 6.07) is 6.15. The lowest BCUT2D eigenvalue weighted by Gasteiger charge is -2.11. The first-order chi connectivity index (χ1) is 6.65. The Morgan fingerprint density at radius 2 is 2.29 bits per heavy atom. The Labute approximate surface area is 84.6 Å². The van der Waals surface area contributed by atoms with Crippen LogP contribution in [-0.2, 0) is 0 Å². The van der Waals surface area contributed by atoms with Gasteiger partial charge in [0, 0.05) is 12.1 Å². The molecular formula is C12H15NO. The van der Waals surface area contributed by atoms with Gasteiger partial charge in [0.2, 0.25) is 0 Å². The fourth-order valence-electron chi connectivity index (χ4n) is 1.69. The van der Waals surface area contributed by atoms with Crippen molar-refractivity contribution in [2.24, 2.45) is 0 Å². The number of hydrogen-bond acceptors (Lipinski definition) is 2. The predicted octanol–water partition coefficient (Wildman–Crippen LogP) is 3.09. The van der Waals surface area contributed by atoms with Crippen molar-refractivity contribution in [2.75, 3.05) is 5.32 Å². The Morgan fingerprint density at radius 3 is 3.07 bits per heavy atom. The molecule has 1 aliphatic heterocycles. The van der Waals surface area contributed by atoms with Gasteiger partial charge < -0.3 is 10.1 Å². The number of fused-ring (bicyclic) bond motifs is 1. The van der Waals surface area contributed by atoms with Crippen LogP contribution in [0, 0.1) is 6.92 Å². The van der Waals surface area contributed by atoms with Crippen LogP contribution in [-0.4, -0.2) is 6.10 Å². The molecule has 2 heteroatoms. The number of anilines is 1. The molecule has 0 spiro atoms. The molecule has 0 saturated heterocycles. The summed E-state index contributed by atoms with van der Waals surface area (Å²) in [5.41, 5.74) is 3.27. The van der Waals surface area contributed by atoms with Crippen LogP contribution in [0.4, 0.5) is 5.69 Å². The Balaban J connectivity index is 2.41. The third-order valence-electron chi connectivity index (χ3n) is 2.31. The second-order valence-electron chi connectivity index (χ2n) is 3.86. The minimum atomic E-state index is 0.193. The predicted molar refractivity (Wildman–Crippen MR) is 58.6 cm³/mol. The summed E-state index contributed by atoms with van der Waals surface area (Å²) >= 11 is 0. The summed E-state index contributed by atoms with van der Waals surface area (Å²) in [5, 5.41) is 3.27. The van der Waals surface area contributed by atoms with Crippen LogP contribution in [0.3, 0.4) is 0 Å². The molecule has 0 unspecified atom stereocenters. The standard InChI is InChI=1S/C12H15NO/c1-8-4-5-12-11(6-8)13-9(2)7-10(3)14-12/h4-6,10,13H,2,7H2,1,3H3/t10-/m1/s1. The van der Waals surface area contributed by atoms with E-state index in [1.165, 1.54) is 5.56 Å². The molecule has 0 fully saturated rings. The van der Waals surface area contributed by atoms with Crippen LogP contribution in [0.1, 0.15) is 18.9 Å². The molecule has 0 radical (unpaired) electrons. The summed E-state index contributed by atoms with van der Waals surface area (Å²) in [6.45, 7) is 8.09. The minimum absolute atomic E-state index is 0.193. The third-order valence-corrected chi connectivity index (χ3v) is 2.31. The van der Waals surface area contributed by atoms with E-state index in [9.17, 15) is 0 Å². The SMILES string of the molecule is C=C1C[C@@H](C)Oc2ccc(C)cc2N1. The second kappa shape index (κ2) is 3.37. The first kappa shape index (κ1) is 9.13. The Hall–Kier alpha value is -1.44. The maximum absolute atomic E-state index is 5.76. The van der Waals surface area contributed by atoms with Gasteiger partial charge in [0.1, 0.15) is 11.9 Å². The van der Waals surface area contributed by atoms with Gasteiger partial charge in [-0.05, 0) is 31.5 Å². The van der Waals surface area contributed by atoms with E-state index in [-0.39, 0.29) is 6.10 Å². The van der Waals surface area contributed by atoms with E-state index in [1.807, 2.05) is 6.07 Å². The van der Waals surface area contributed by atoms with Crippen LogP contribution >= 0.6 is 0 Å². The van der Waals surface area contributed by atoms with Gasteiger partial charge >= 0.3 is 0 Å². The zero-order valence-electron chi connectivity index (χ0n) is 8.63. The molecule has 1 heterocycles. The Morgan fingerprint density at radius 1 is 1.50 bits per heavy atom. The number of benzene rings is 1. The van der Waals surface area contributed by atoms with Gasteiger partial charge in [0.05, 0.1) is 5.69 Å². The molecule has 2 rings (SSSR count). The first-order valence-corrected chi connectivity index (χ1v) is 4.87. The lowest BCUT2D eigenvalue weighted by atomic mass is 10.2. The van der Waals surface area contributed by atoms with Crippen LogP contribution in [0.25, 0.3) is 0 Å². The first-order valence-electron chi connectivity index (χ1n) is 4.87. The number of aryl methyl sites for hydroxylation is 1. The smallest absolute Gasteiger partial charge is 0.143 e. The quantitative estimate of drug-likeness (QED) is 0.677. The third kappa shape index (κ3) is 1.74. The highest BCUT2D eigenvalue weighted by Gasteiger charge is 2.15. The van der Waals surface area contributed by atoms with Crippen LogP contribution < -0.4 is 10.1 Å². The molecule has 0 aliphatic carbocycles. The van der Waals surface area contributed by atoms with E-state index < -0.39 is 0 Å². The molecule has 0 aromatic heterocycles. The summed E-state index contributed by atoms with van der Waals surface area (Å²) in [6.07, 6.45) is 1.05. The Kier molecular flexibility index (Phi) is 2.20. The highest BCUT2D eigenvalue weighted by molar-refractivity contribution is 5.61. The molecule has 0 bridgehead atoms. The van der Waals surface area contributed by atoms with Gasteiger partial charge in [0.15, 0.2) is 0 Å². The van der Waals surface area contributed by atoms with Gasteiger partial charge in [-0.3, -0.25) is 0 Å². The maximum Gasteiger partial charge on any atom is 0.143 e. The molecule has 14 heavy (non-hydrogen) atoms. The molecule has 1 aromatic rings. The molecule has 2 nitrogen and oxygen atoms in total. The van der Waals surface area contributed by atoms with Gasteiger partial charge in [-0.15, -0.1) is 0 Å². The number of nitrogens with one attached hydrogen (secondary N) is 1. The zero-order chi connectivity index (χ0) is 10.1. The van der Waals surface area contributed by atoms with Crippen molar-refractivity contribution < 1.29 is 4.74 Å². The topological polar surface area (TPSA) is 21.3 Å². The van der Waals surface area contributed by atoms with E-state index >= 15 is 0 Å². The largest absolute Gasteiger partial charge is 0.488 e. The molecule has 1 aromatic carbocycles. The van der Waals surface area contributed by atoms with Crippen molar-refractivity contribution in [3.05, 3.63) is 36.0 Å². The highest BCUT2D eigenvalue weighted by atomic mass is 16.5. The molecule has 1 atom stereocenters. The van der Waals surface area contributed by atoms with Gasteiger partial charge in [-0.25, -0.2) is 0 Å². The van der Waals surface area contributed by atoms with Crippen LogP contribution in [0.15, 0.2) is 30.5 Å². The molecule has 1 N–H and O–H groups in total. The summed E-state index contributed by atoms with van der Waals surface area (Å²) in [5.74, 6) is 0.918. The lowest BCUT2D eigenvalue weighted by Crippen LogP contribution is -2.10. The van der Waals surface area contributed by atoms with E-state index in [0.717, 1.165) is 23.6 Å². The van der Waals surface area contributed by atoms with Gasteiger partial charge in [0.25, 0.3) is 0 Å². The van der Waals surface area contributed by atoms with E-state index in [2.05, 4.69) is 37.9 Å². The van der Waals surface area contributed by atoms with E-state index in [4.69, 9.17) is 4.74 Å². The monoisotopic (exact) mass is 189 g/mol. The van der Waals surface area contributed by atoms with Crippen LogP contribution in [0.5, 0.6) is 5.75 Å². The van der Waals surface area contributed by atoms with Crippen molar-refractivity contribution >= 4 is 5.69 Å². The Bertz CT molecular complexity index is 371. The summed E-state index contributed by atoms with van der Waals surface area (Å²) in [7, 11) is 0. The minimum Gasteiger partial charge on any atom is -0.488 e. The number of ether oxygens (including phenoxy) is 1. The van der Waals surface area contributed by atoms with Crippen LogP contribution in [0.2, 0.25) is 0 Å². The van der Waals surface area contributed by atoms with Crippen molar-refractivity contribution in [3.8, 4) is 5.75 Å². The van der Waals surface area contributed by atoms with Crippen molar-refractivity contribution in [1.82, 2.24) is 0 Å². The number of hydrogen-bond donors (Lipinski definition) is 1. The summed E-state index contributed by atoms with van der Waals surface area (Å²) < 4.78 is 5.76.